The minimum absolute atomic E-state index is 0.0197. The highest BCUT2D eigenvalue weighted by Crippen LogP contribution is 2.47. The Morgan fingerprint density at radius 1 is 1.24 bits per heavy atom. The number of nitrogens with zero attached hydrogens (tertiary/aromatic N) is 2. The lowest BCUT2D eigenvalue weighted by Gasteiger charge is -2.55. The number of hydrogen-bond donors (Lipinski definition) is 1. The average Bonchev–Trinajstić information content (AvgIpc) is 2.58. The Balaban J connectivity index is 1.27. The summed E-state index contributed by atoms with van der Waals surface area (Å²) in [6.45, 7) is 4.62. The molecule has 1 saturated heterocycles. The fraction of sp³-hybridized carbons (Fsp3) is 0.714. The zero-order valence-electron chi connectivity index (χ0n) is 16.8. The van der Waals surface area contributed by atoms with Gasteiger partial charge in [-0.2, -0.15) is 13.2 Å². The minimum atomic E-state index is -4.49. The highest BCUT2D eigenvalue weighted by molar-refractivity contribution is 5.81. The van der Waals surface area contributed by atoms with Gasteiger partial charge in [-0.05, 0) is 57.9 Å². The Hall–Kier alpha value is -1.83. The molecule has 0 radical (unpaired) electrons. The van der Waals surface area contributed by atoms with Crippen molar-refractivity contribution in [1.82, 2.24) is 9.88 Å². The Morgan fingerprint density at radius 3 is 2.41 bits per heavy atom. The minimum Gasteiger partial charge on any atom is -0.474 e. The van der Waals surface area contributed by atoms with Crippen molar-refractivity contribution in [3.05, 3.63) is 23.4 Å². The number of halogens is 3. The molecular formula is C21H27F3N2O3. The molecule has 8 heteroatoms. The van der Waals surface area contributed by atoms with Crippen LogP contribution in [0.3, 0.4) is 0 Å². The van der Waals surface area contributed by atoms with E-state index in [4.69, 9.17) is 4.74 Å². The lowest BCUT2D eigenvalue weighted by atomic mass is 9.66. The first-order chi connectivity index (χ1) is 13.5. The van der Waals surface area contributed by atoms with E-state index in [1.165, 1.54) is 19.1 Å². The SMILES string of the molecule is Cc1ccc(OC2CCC3(CC2)CN(C(=O)[C@H]2C[C@@](C)(O)C2)C3)nc1C(F)(F)F. The van der Waals surface area contributed by atoms with Gasteiger partial charge in [0.2, 0.25) is 11.8 Å². The van der Waals surface area contributed by atoms with Crippen LogP contribution < -0.4 is 4.74 Å². The Morgan fingerprint density at radius 2 is 1.86 bits per heavy atom. The number of aromatic nitrogens is 1. The second kappa shape index (κ2) is 6.86. The predicted molar refractivity (Wildman–Crippen MR) is 99.2 cm³/mol. The summed E-state index contributed by atoms with van der Waals surface area (Å²) in [5, 5.41) is 9.82. The maximum Gasteiger partial charge on any atom is 0.433 e. The van der Waals surface area contributed by atoms with E-state index >= 15 is 0 Å². The molecule has 29 heavy (non-hydrogen) atoms. The van der Waals surface area contributed by atoms with Gasteiger partial charge in [-0.25, -0.2) is 4.98 Å². The summed E-state index contributed by atoms with van der Waals surface area (Å²) < 4.78 is 44.8. The standard InChI is InChI=1S/C21H27F3N2O3/c1-13-3-4-16(25-17(13)21(22,23)24)29-15-5-7-20(8-6-15)11-26(12-20)18(27)14-9-19(2,28)10-14/h3-4,14-15,28H,5-12H2,1-2H3/t14-,19+. The van der Waals surface area contributed by atoms with Crippen LogP contribution in [0.4, 0.5) is 13.2 Å². The fourth-order valence-corrected chi connectivity index (χ4v) is 5.03. The first-order valence-electron chi connectivity index (χ1n) is 10.2. The zero-order valence-corrected chi connectivity index (χ0v) is 16.8. The van der Waals surface area contributed by atoms with Crippen molar-refractivity contribution in [3.8, 4) is 5.88 Å². The molecule has 1 N–H and O–H groups in total. The van der Waals surface area contributed by atoms with Crippen LogP contribution in [0.5, 0.6) is 5.88 Å². The third-order valence-corrected chi connectivity index (χ3v) is 6.71. The molecule has 3 fully saturated rings. The van der Waals surface area contributed by atoms with Crippen LogP contribution in [0.2, 0.25) is 0 Å². The van der Waals surface area contributed by atoms with E-state index in [2.05, 4.69) is 4.98 Å². The van der Waals surface area contributed by atoms with Crippen molar-refractivity contribution in [2.24, 2.45) is 11.3 Å². The van der Waals surface area contributed by atoms with Gasteiger partial charge < -0.3 is 14.7 Å². The molecule has 2 saturated carbocycles. The summed E-state index contributed by atoms with van der Waals surface area (Å²) in [6.07, 6.45) is -0.291. The van der Waals surface area contributed by atoms with Crippen LogP contribution in [0.15, 0.2) is 12.1 Å². The van der Waals surface area contributed by atoms with E-state index in [0.29, 0.717) is 12.8 Å². The number of alkyl halides is 3. The van der Waals surface area contributed by atoms with Gasteiger partial charge in [-0.15, -0.1) is 0 Å². The second-order valence-corrected chi connectivity index (χ2v) is 9.43. The van der Waals surface area contributed by atoms with Gasteiger partial charge in [0.1, 0.15) is 6.10 Å². The summed E-state index contributed by atoms with van der Waals surface area (Å²) in [7, 11) is 0. The number of amides is 1. The van der Waals surface area contributed by atoms with Gasteiger partial charge in [0.25, 0.3) is 0 Å². The molecule has 0 aromatic carbocycles. The first-order valence-corrected chi connectivity index (χ1v) is 10.2. The number of pyridine rings is 1. The normalized spacial score (nSPS) is 29.3. The molecule has 5 nitrogen and oxygen atoms in total. The van der Waals surface area contributed by atoms with E-state index in [1.54, 1.807) is 6.92 Å². The Labute approximate surface area is 168 Å². The van der Waals surface area contributed by atoms with Crippen molar-refractivity contribution in [1.29, 1.82) is 0 Å². The average molecular weight is 412 g/mol. The molecule has 1 spiro atoms. The molecule has 1 aromatic heterocycles. The van der Waals surface area contributed by atoms with Crippen molar-refractivity contribution >= 4 is 5.91 Å². The molecule has 0 bridgehead atoms. The van der Waals surface area contributed by atoms with Crippen molar-refractivity contribution < 1.29 is 27.8 Å². The van der Waals surface area contributed by atoms with Crippen LogP contribution in [0, 0.1) is 18.3 Å². The van der Waals surface area contributed by atoms with Crippen molar-refractivity contribution in [2.45, 2.75) is 70.3 Å². The third-order valence-electron chi connectivity index (χ3n) is 6.71. The quantitative estimate of drug-likeness (QED) is 0.822. The number of aryl methyl sites for hydroxylation is 1. The summed E-state index contributed by atoms with van der Waals surface area (Å²) in [4.78, 5) is 18.0. The molecule has 1 amide bonds. The van der Waals surface area contributed by atoms with Gasteiger partial charge in [0.05, 0.1) is 5.60 Å². The zero-order chi connectivity index (χ0) is 21.0. The molecule has 1 aromatic rings. The second-order valence-electron chi connectivity index (χ2n) is 9.43. The lowest BCUT2D eigenvalue weighted by molar-refractivity contribution is -0.164. The van der Waals surface area contributed by atoms with E-state index in [0.717, 1.165) is 38.8 Å². The molecule has 1 aliphatic heterocycles. The molecule has 2 heterocycles. The van der Waals surface area contributed by atoms with E-state index < -0.39 is 17.5 Å². The molecule has 160 valence electrons. The summed E-state index contributed by atoms with van der Waals surface area (Å²) >= 11 is 0. The van der Waals surface area contributed by atoms with Gasteiger partial charge >= 0.3 is 6.18 Å². The van der Waals surface area contributed by atoms with E-state index in [-0.39, 0.29) is 34.8 Å². The van der Waals surface area contributed by atoms with Gasteiger partial charge in [0, 0.05) is 30.5 Å². The van der Waals surface area contributed by atoms with Gasteiger partial charge in [0.15, 0.2) is 5.69 Å². The summed E-state index contributed by atoms with van der Waals surface area (Å²) in [5.41, 5.74) is -1.40. The van der Waals surface area contributed by atoms with Crippen molar-refractivity contribution in [2.75, 3.05) is 13.1 Å². The smallest absolute Gasteiger partial charge is 0.433 e. The predicted octanol–water partition coefficient (Wildman–Crippen LogP) is 3.72. The Bertz CT molecular complexity index is 785. The van der Waals surface area contributed by atoms with Crippen molar-refractivity contribution in [3.63, 3.8) is 0 Å². The highest BCUT2D eigenvalue weighted by atomic mass is 19.4. The van der Waals surface area contributed by atoms with Gasteiger partial charge in [-0.1, -0.05) is 6.07 Å². The fourth-order valence-electron chi connectivity index (χ4n) is 5.03. The van der Waals surface area contributed by atoms with Gasteiger partial charge in [-0.3, -0.25) is 4.79 Å². The summed E-state index contributed by atoms with van der Waals surface area (Å²) in [6, 6.07) is 2.88. The maximum atomic E-state index is 13.0. The first kappa shape index (κ1) is 20.4. The number of aliphatic hydroxyl groups is 1. The maximum absolute atomic E-state index is 13.0. The number of likely N-dealkylation sites (tertiary alicyclic amines) is 1. The lowest BCUT2D eigenvalue weighted by Crippen LogP contribution is -2.63. The molecule has 3 aliphatic rings. The van der Waals surface area contributed by atoms with Crippen LogP contribution in [-0.2, 0) is 11.0 Å². The van der Waals surface area contributed by atoms with Crippen LogP contribution >= 0.6 is 0 Å². The number of ether oxygens (including phenoxy) is 1. The van der Waals surface area contributed by atoms with E-state index in [1.807, 2.05) is 4.90 Å². The van der Waals surface area contributed by atoms with Crippen LogP contribution in [0.25, 0.3) is 0 Å². The molecule has 4 rings (SSSR count). The number of hydrogen-bond acceptors (Lipinski definition) is 4. The largest absolute Gasteiger partial charge is 0.474 e. The Kier molecular flexibility index (Phi) is 4.83. The van der Waals surface area contributed by atoms with E-state index in [9.17, 15) is 23.1 Å². The van der Waals surface area contributed by atoms with Crippen LogP contribution in [0.1, 0.15) is 56.7 Å². The number of carbonyl (C=O) groups is 1. The molecular weight excluding hydrogens is 385 g/mol. The third kappa shape index (κ3) is 4.09. The highest BCUT2D eigenvalue weighted by Gasteiger charge is 2.51. The summed E-state index contributed by atoms with van der Waals surface area (Å²) in [5.74, 6) is 0.104. The van der Waals surface area contributed by atoms with Crippen LogP contribution in [-0.4, -0.2) is 45.7 Å². The molecule has 0 atom stereocenters. The monoisotopic (exact) mass is 412 g/mol. The number of carbonyl (C=O) groups excluding carboxylic acids is 1. The molecule has 0 unspecified atom stereocenters. The number of rotatable bonds is 3. The topological polar surface area (TPSA) is 62.7 Å². The molecule has 2 aliphatic carbocycles.